The maximum atomic E-state index is 5.22. The second-order valence-corrected chi connectivity index (χ2v) is 6.61. The summed E-state index contributed by atoms with van der Waals surface area (Å²) in [6, 6.07) is 14.5. The van der Waals surface area contributed by atoms with Crippen molar-refractivity contribution in [1.82, 2.24) is 9.88 Å². The fourth-order valence-electron chi connectivity index (χ4n) is 3.23. The van der Waals surface area contributed by atoms with Crippen molar-refractivity contribution >= 4 is 5.82 Å². The lowest BCUT2D eigenvalue weighted by molar-refractivity contribution is 0.182. The average molecular weight is 325 g/mol. The van der Waals surface area contributed by atoms with Gasteiger partial charge in [0.25, 0.3) is 0 Å². The molecule has 0 unspecified atom stereocenters. The molecule has 0 atom stereocenters. The molecule has 0 bridgehead atoms. The zero-order valence-electron chi connectivity index (χ0n) is 14.7. The van der Waals surface area contributed by atoms with Gasteiger partial charge in [-0.25, -0.2) is 4.98 Å². The van der Waals surface area contributed by atoms with E-state index in [2.05, 4.69) is 33.4 Å². The molecule has 1 N–H and O–H groups in total. The summed E-state index contributed by atoms with van der Waals surface area (Å²) >= 11 is 0. The van der Waals surface area contributed by atoms with Gasteiger partial charge in [-0.2, -0.15) is 0 Å². The van der Waals surface area contributed by atoms with Crippen LogP contribution in [0, 0.1) is 12.8 Å². The van der Waals surface area contributed by atoms with Crippen LogP contribution in [0.3, 0.4) is 0 Å². The van der Waals surface area contributed by atoms with Gasteiger partial charge < -0.3 is 10.1 Å². The Labute approximate surface area is 144 Å². The van der Waals surface area contributed by atoms with E-state index in [-0.39, 0.29) is 0 Å². The number of benzene rings is 1. The smallest absolute Gasteiger partial charge is 0.126 e. The number of likely N-dealkylation sites (tertiary alicyclic amines) is 1. The van der Waals surface area contributed by atoms with Crippen LogP contribution in [0.25, 0.3) is 0 Å². The summed E-state index contributed by atoms with van der Waals surface area (Å²) in [7, 11) is 1.71. The molecule has 0 spiro atoms. The maximum Gasteiger partial charge on any atom is 0.126 e. The molecule has 0 saturated carbocycles. The fraction of sp³-hybridized carbons (Fsp3) is 0.450. The molecule has 3 rings (SSSR count). The second kappa shape index (κ2) is 8.15. The first-order valence-corrected chi connectivity index (χ1v) is 8.76. The number of anilines is 1. The Balaban J connectivity index is 1.42. The van der Waals surface area contributed by atoms with Crippen LogP contribution in [-0.4, -0.2) is 36.6 Å². The van der Waals surface area contributed by atoms with Crippen molar-refractivity contribution in [3.05, 3.63) is 53.7 Å². The highest BCUT2D eigenvalue weighted by molar-refractivity contribution is 5.35. The van der Waals surface area contributed by atoms with Crippen LogP contribution in [0.5, 0.6) is 5.75 Å². The number of nitrogens with zero attached hydrogens (tertiary/aromatic N) is 2. The van der Waals surface area contributed by atoms with Crippen molar-refractivity contribution in [3.63, 3.8) is 0 Å². The van der Waals surface area contributed by atoms with Gasteiger partial charge in [-0.1, -0.05) is 18.2 Å². The third-order valence-corrected chi connectivity index (χ3v) is 4.73. The number of aryl methyl sites for hydroxylation is 1. The molecule has 1 saturated heterocycles. The molecule has 128 valence electrons. The van der Waals surface area contributed by atoms with Crippen LogP contribution in [0.1, 0.15) is 24.1 Å². The molecular formula is C20H27N3O. The molecule has 1 fully saturated rings. The van der Waals surface area contributed by atoms with Crippen LogP contribution in [0.15, 0.2) is 42.5 Å². The van der Waals surface area contributed by atoms with Crippen molar-refractivity contribution in [3.8, 4) is 5.75 Å². The minimum atomic E-state index is 0.736. The number of ether oxygens (including phenoxy) is 1. The maximum absolute atomic E-state index is 5.22. The normalized spacial score (nSPS) is 16.1. The molecule has 1 aromatic heterocycles. The Morgan fingerprint density at radius 2 is 1.88 bits per heavy atom. The van der Waals surface area contributed by atoms with Gasteiger partial charge in [-0.15, -0.1) is 0 Å². The second-order valence-electron chi connectivity index (χ2n) is 6.61. The highest BCUT2D eigenvalue weighted by Crippen LogP contribution is 2.20. The van der Waals surface area contributed by atoms with E-state index >= 15 is 0 Å². The topological polar surface area (TPSA) is 37.4 Å². The van der Waals surface area contributed by atoms with Gasteiger partial charge in [0, 0.05) is 18.8 Å². The Morgan fingerprint density at radius 3 is 2.54 bits per heavy atom. The summed E-state index contributed by atoms with van der Waals surface area (Å²) in [4.78, 5) is 7.06. The molecule has 0 aliphatic carbocycles. The van der Waals surface area contributed by atoms with Gasteiger partial charge >= 0.3 is 0 Å². The van der Waals surface area contributed by atoms with E-state index in [1.807, 2.05) is 31.2 Å². The van der Waals surface area contributed by atoms with Crippen LogP contribution in [0.2, 0.25) is 0 Å². The third kappa shape index (κ3) is 4.71. The number of methoxy groups -OCH3 is 1. The first kappa shape index (κ1) is 16.8. The molecule has 0 radical (unpaired) electrons. The summed E-state index contributed by atoms with van der Waals surface area (Å²) in [5, 5.41) is 3.49. The van der Waals surface area contributed by atoms with Gasteiger partial charge in [-0.3, -0.25) is 4.90 Å². The van der Waals surface area contributed by atoms with Crippen molar-refractivity contribution in [2.45, 2.75) is 26.3 Å². The molecule has 2 aromatic rings. The van der Waals surface area contributed by atoms with Gasteiger partial charge in [0.05, 0.1) is 7.11 Å². The number of aromatic nitrogens is 1. The largest absolute Gasteiger partial charge is 0.497 e. The van der Waals surface area contributed by atoms with E-state index in [4.69, 9.17) is 4.74 Å². The monoisotopic (exact) mass is 325 g/mol. The number of rotatable bonds is 6. The van der Waals surface area contributed by atoms with Gasteiger partial charge in [0.2, 0.25) is 0 Å². The number of nitrogens with one attached hydrogen (secondary N) is 1. The van der Waals surface area contributed by atoms with Crippen LogP contribution >= 0.6 is 0 Å². The van der Waals surface area contributed by atoms with E-state index in [0.29, 0.717) is 0 Å². The lowest BCUT2D eigenvalue weighted by Crippen LogP contribution is -2.35. The zero-order chi connectivity index (χ0) is 16.8. The summed E-state index contributed by atoms with van der Waals surface area (Å²) in [5.74, 6) is 2.66. The fourth-order valence-corrected chi connectivity index (χ4v) is 3.23. The lowest BCUT2D eigenvalue weighted by Gasteiger charge is -2.32. The highest BCUT2D eigenvalue weighted by atomic mass is 16.5. The van der Waals surface area contributed by atoms with Gasteiger partial charge in [0.15, 0.2) is 0 Å². The van der Waals surface area contributed by atoms with Gasteiger partial charge in [-0.05, 0) is 68.6 Å². The summed E-state index contributed by atoms with van der Waals surface area (Å²) in [6.07, 6.45) is 2.49. The molecule has 4 heteroatoms. The lowest BCUT2D eigenvalue weighted by atomic mass is 9.96. The molecule has 0 amide bonds. The Hall–Kier alpha value is -2.07. The van der Waals surface area contributed by atoms with Crippen molar-refractivity contribution < 1.29 is 4.74 Å². The van der Waals surface area contributed by atoms with Crippen molar-refractivity contribution in [1.29, 1.82) is 0 Å². The predicted octanol–water partition coefficient (Wildman–Crippen LogP) is 3.72. The van der Waals surface area contributed by atoms with Crippen LogP contribution in [0.4, 0.5) is 5.82 Å². The predicted molar refractivity (Wildman–Crippen MR) is 98.5 cm³/mol. The van der Waals surface area contributed by atoms with E-state index in [1.54, 1.807) is 7.11 Å². The molecule has 1 aliphatic heterocycles. The van der Waals surface area contributed by atoms with Crippen molar-refractivity contribution in [2.75, 3.05) is 32.1 Å². The molecular weight excluding hydrogens is 298 g/mol. The number of hydrogen-bond donors (Lipinski definition) is 1. The van der Waals surface area contributed by atoms with E-state index in [0.717, 1.165) is 36.3 Å². The Morgan fingerprint density at radius 1 is 1.12 bits per heavy atom. The molecule has 2 heterocycles. The summed E-state index contributed by atoms with van der Waals surface area (Å²) < 4.78 is 5.22. The summed E-state index contributed by atoms with van der Waals surface area (Å²) in [6.45, 7) is 6.42. The molecule has 4 nitrogen and oxygen atoms in total. The van der Waals surface area contributed by atoms with E-state index in [1.165, 1.54) is 31.5 Å². The minimum Gasteiger partial charge on any atom is -0.497 e. The Kier molecular flexibility index (Phi) is 5.70. The summed E-state index contributed by atoms with van der Waals surface area (Å²) in [5.41, 5.74) is 2.42. The zero-order valence-corrected chi connectivity index (χ0v) is 14.7. The van der Waals surface area contributed by atoms with Gasteiger partial charge in [0.1, 0.15) is 11.6 Å². The highest BCUT2D eigenvalue weighted by Gasteiger charge is 2.19. The molecule has 1 aromatic carbocycles. The SMILES string of the molecule is COc1ccc(CN2CCC(CNc3cccc(C)n3)CC2)cc1. The first-order valence-electron chi connectivity index (χ1n) is 8.76. The van der Waals surface area contributed by atoms with E-state index in [9.17, 15) is 0 Å². The van der Waals surface area contributed by atoms with Crippen molar-refractivity contribution in [2.24, 2.45) is 5.92 Å². The Bertz CT molecular complexity index is 634. The number of piperidine rings is 1. The molecule has 1 aliphatic rings. The van der Waals surface area contributed by atoms with Crippen LogP contribution in [-0.2, 0) is 6.54 Å². The van der Waals surface area contributed by atoms with E-state index < -0.39 is 0 Å². The number of hydrogen-bond acceptors (Lipinski definition) is 4. The first-order chi connectivity index (χ1) is 11.7. The average Bonchev–Trinajstić information content (AvgIpc) is 2.62. The molecule has 24 heavy (non-hydrogen) atoms. The number of pyridine rings is 1. The standard InChI is InChI=1S/C20H27N3O/c1-16-4-3-5-20(22-16)21-14-17-10-12-23(13-11-17)15-18-6-8-19(24-2)9-7-18/h3-9,17H,10-15H2,1-2H3,(H,21,22). The minimum absolute atomic E-state index is 0.736. The quantitative estimate of drug-likeness (QED) is 0.878. The van der Waals surface area contributed by atoms with Crippen LogP contribution < -0.4 is 10.1 Å². The third-order valence-electron chi connectivity index (χ3n) is 4.73.